The number of carbonyl (C=O) groups excluding carboxylic acids is 4. The Bertz CT molecular complexity index is 2220. The predicted octanol–water partition coefficient (Wildman–Crippen LogP) is 5.04. The minimum atomic E-state index is -3.91. The molecule has 4 amide bonds. The summed E-state index contributed by atoms with van der Waals surface area (Å²) < 4.78 is 40.2. The van der Waals surface area contributed by atoms with Gasteiger partial charge in [-0.1, -0.05) is 68.5 Å². The molecular weight excluding hydrogens is 749 g/mol. The first-order valence-corrected chi connectivity index (χ1v) is 21.1. The van der Waals surface area contributed by atoms with Gasteiger partial charge in [-0.2, -0.15) is 0 Å². The van der Waals surface area contributed by atoms with Gasteiger partial charge in [-0.15, -0.1) is 6.58 Å². The number of ether oxygens (including phenoxy) is 2. The predicted molar refractivity (Wildman–Crippen MR) is 214 cm³/mol. The fourth-order valence-corrected chi connectivity index (χ4v) is 8.96. The third-order valence-electron chi connectivity index (χ3n) is 11.1. The number of aromatic nitrogens is 2. The Hall–Kier alpha value is -5.31. The van der Waals surface area contributed by atoms with E-state index in [1.807, 2.05) is 68.5 Å². The van der Waals surface area contributed by atoms with Gasteiger partial charge in [0, 0.05) is 17.9 Å². The molecule has 14 nitrogen and oxygen atoms in total. The zero-order chi connectivity index (χ0) is 40.7. The maximum atomic E-state index is 14.6. The first-order chi connectivity index (χ1) is 27.1. The lowest BCUT2D eigenvalue weighted by atomic mass is 10.0. The Morgan fingerprint density at radius 1 is 1.07 bits per heavy atom. The van der Waals surface area contributed by atoms with Crippen LogP contribution in [0.3, 0.4) is 0 Å². The summed E-state index contributed by atoms with van der Waals surface area (Å²) in [4.78, 5) is 67.2. The van der Waals surface area contributed by atoms with E-state index in [0.717, 1.165) is 24.0 Å². The molecule has 2 aliphatic heterocycles. The van der Waals surface area contributed by atoms with Gasteiger partial charge in [0.2, 0.25) is 27.7 Å². The van der Waals surface area contributed by atoms with Crippen molar-refractivity contribution < 1.29 is 37.1 Å². The number of sulfonamides is 1. The number of hydrogen-bond acceptors (Lipinski definition) is 10. The van der Waals surface area contributed by atoms with Gasteiger partial charge < -0.3 is 25.0 Å². The first kappa shape index (κ1) is 39.9. The van der Waals surface area contributed by atoms with Gasteiger partial charge in [0.1, 0.15) is 35.0 Å². The van der Waals surface area contributed by atoms with Crippen molar-refractivity contribution in [1.29, 1.82) is 0 Å². The van der Waals surface area contributed by atoms with Crippen LogP contribution >= 0.6 is 0 Å². The molecule has 1 saturated heterocycles. The van der Waals surface area contributed by atoms with Crippen molar-refractivity contribution in [3.05, 3.63) is 72.8 Å². The van der Waals surface area contributed by atoms with E-state index in [9.17, 15) is 27.6 Å². The van der Waals surface area contributed by atoms with Crippen LogP contribution in [0, 0.1) is 11.8 Å². The number of nitrogens with one attached hydrogen (secondary N) is 3. The first-order valence-electron chi connectivity index (χ1n) is 19.6. The highest BCUT2D eigenvalue weighted by Crippen LogP contribution is 2.45. The fraction of sp³-hybridized carbons (Fsp3) is 0.476. The van der Waals surface area contributed by atoms with E-state index in [4.69, 9.17) is 19.4 Å². The van der Waals surface area contributed by atoms with Crippen molar-refractivity contribution in [3.63, 3.8) is 0 Å². The maximum Gasteiger partial charge on any atom is 0.408 e. The Balaban J connectivity index is 1.26. The largest absolute Gasteiger partial charge is 0.471 e. The standard InChI is InChI=1S/C42H50N6O8S/c1-6-28-23-42(28,39(51)47-57(53,54)30-17-18-30)46-36(49)33-22-29-24-48(33)38(50)34(25(2)3)45-40(52)56-41(4,5)20-12-8-9-13-26-16-19-31-32(21-26)44-37(55-29)35(43-31)27-14-10-7-11-15-27/h6-7,9-11,13-16,19,21,25,28-30,33-34H,1,8,12,17-18,20,22-24H2,2-5H3,(H,45,52)(H,46,49)(H,47,51)/b13-9+/t28-,29-,33+,34+,42+/m1/s1. The van der Waals surface area contributed by atoms with Crippen molar-refractivity contribution >= 4 is 50.9 Å². The summed E-state index contributed by atoms with van der Waals surface area (Å²) in [5.41, 5.74) is 0.988. The molecule has 0 unspecified atom stereocenters. The van der Waals surface area contributed by atoms with E-state index in [1.165, 1.54) is 11.0 Å². The number of amides is 4. The smallest absolute Gasteiger partial charge is 0.408 e. The molecule has 2 aromatic carbocycles. The normalized spacial score (nSPS) is 26.9. The highest BCUT2D eigenvalue weighted by molar-refractivity contribution is 7.91. The van der Waals surface area contributed by atoms with Crippen LogP contribution in [0.5, 0.6) is 5.88 Å². The second kappa shape index (κ2) is 15.6. The van der Waals surface area contributed by atoms with Gasteiger partial charge in [0.25, 0.3) is 5.91 Å². The lowest BCUT2D eigenvalue weighted by molar-refractivity contribution is -0.141. The Labute approximate surface area is 332 Å². The van der Waals surface area contributed by atoms with Crippen LogP contribution < -0.4 is 20.1 Å². The van der Waals surface area contributed by atoms with Gasteiger partial charge in [-0.05, 0) is 76.0 Å². The molecule has 302 valence electrons. The quantitative estimate of drug-likeness (QED) is 0.261. The van der Waals surface area contributed by atoms with Crippen LogP contribution in [-0.4, -0.2) is 88.2 Å². The molecule has 2 saturated carbocycles. The van der Waals surface area contributed by atoms with Crippen LogP contribution in [0.15, 0.2) is 67.3 Å². The number of hydrogen-bond donors (Lipinski definition) is 3. The van der Waals surface area contributed by atoms with Crippen molar-refractivity contribution in [2.75, 3.05) is 6.54 Å². The summed E-state index contributed by atoms with van der Waals surface area (Å²) >= 11 is 0. The molecule has 4 aliphatic rings. The van der Waals surface area contributed by atoms with Crippen molar-refractivity contribution in [2.24, 2.45) is 11.8 Å². The Kier molecular flexibility index (Phi) is 10.9. The number of fused-ring (bicyclic) bond motifs is 4. The van der Waals surface area contributed by atoms with Crippen molar-refractivity contribution in [3.8, 4) is 17.1 Å². The zero-order valence-corrected chi connectivity index (χ0v) is 33.5. The molecule has 5 atom stereocenters. The molecule has 3 heterocycles. The highest BCUT2D eigenvalue weighted by Gasteiger charge is 2.62. The molecule has 7 rings (SSSR count). The third-order valence-corrected chi connectivity index (χ3v) is 12.9. The monoisotopic (exact) mass is 798 g/mol. The second-order valence-electron chi connectivity index (χ2n) is 16.5. The maximum absolute atomic E-state index is 14.6. The molecule has 15 heteroatoms. The minimum absolute atomic E-state index is 0.00653. The van der Waals surface area contributed by atoms with E-state index >= 15 is 0 Å². The number of cyclic esters (lactones) is 1. The van der Waals surface area contributed by atoms with Crippen molar-refractivity contribution in [2.45, 2.75) is 107 Å². The molecule has 3 aromatic rings. The van der Waals surface area contributed by atoms with Crippen LogP contribution in [-0.2, 0) is 29.1 Å². The average molecular weight is 799 g/mol. The Morgan fingerprint density at radius 3 is 2.51 bits per heavy atom. The highest BCUT2D eigenvalue weighted by atomic mass is 32.2. The van der Waals surface area contributed by atoms with Crippen LogP contribution in [0.1, 0.15) is 78.2 Å². The molecular formula is C42H50N6O8S. The molecule has 2 aliphatic carbocycles. The van der Waals surface area contributed by atoms with E-state index < -0.39 is 80.3 Å². The van der Waals surface area contributed by atoms with Crippen LogP contribution in [0.25, 0.3) is 28.4 Å². The van der Waals surface area contributed by atoms with Gasteiger partial charge in [-0.25, -0.2) is 23.2 Å². The summed E-state index contributed by atoms with van der Waals surface area (Å²) in [6.07, 6.45) is 7.10. The zero-order valence-electron chi connectivity index (χ0n) is 32.7. The Morgan fingerprint density at radius 2 is 1.82 bits per heavy atom. The lowest BCUT2D eigenvalue weighted by Crippen LogP contribution is -2.59. The number of rotatable bonds is 8. The molecule has 3 fully saturated rings. The number of carbonyl (C=O) groups is 4. The van der Waals surface area contributed by atoms with Crippen molar-refractivity contribution in [1.82, 2.24) is 30.2 Å². The molecule has 5 bridgehead atoms. The third kappa shape index (κ3) is 8.68. The summed E-state index contributed by atoms with van der Waals surface area (Å²) in [6.45, 7) is 10.9. The molecule has 0 spiro atoms. The van der Waals surface area contributed by atoms with E-state index in [2.05, 4.69) is 28.0 Å². The molecule has 57 heavy (non-hydrogen) atoms. The SMILES string of the molecule is C=C[C@@H]1C[C@@]1(NC(=O)[C@@H]1C[C@@H]2CN1C(=O)[C@H](C(C)C)NC(=O)OC(C)(C)CCC/C=C/c1ccc3nc(-c4ccccc4)c(nc3c1)O2)C(=O)NS(=O)(=O)C1CC1. The van der Waals surface area contributed by atoms with Gasteiger partial charge >= 0.3 is 6.09 Å². The van der Waals surface area contributed by atoms with Gasteiger partial charge in [0.05, 0.1) is 22.8 Å². The summed E-state index contributed by atoms with van der Waals surface area (Å²) in [7, 11) is -3.91. The number of benzene rings is 2. The van der Waals surface area contributed by atoms with E-state index in [-0.39, 0.29) is 25.3 Å². The molecule has 0 radical (unpaired) electrons. The van der Waals surface area contributed by atoms with Gasteiger partial charge in [0.15, 0.2) is 0 Å². The van der Waals surface area contributed by atoms with Gasteiger partial charge in [-0.3, -0.25) is 19.1 Å². The summed E-state index contributed by atoms with van der Waals surface area (Å²) in [6, 6.07) is 13.0. The lowest BCUT2D eigenvalue weighted by Gasteiger charge is -2.32. The fourth-order valence-electron chi connectivity index (χ4n) is 7.59. The molecule has 3 N–H and O–H groups in total. The average Bonchev–Trinajstić information content (AvgIpc) is 4.09. The topological polar surface area (TPSA) is 186 Å². The summed E-state index contributed by atoms with van der Waals surface area (Å²) in [5.74, 6) is -2.81. The van der Waals surface area contributed by atoms with E-state index in [0.29, 0.717) is 36.0 Å². The number of alkyl carbamates (subject to hydrolysis) is 1. The molecule has 1 aromatic heterocycles. The van der Waals surface area contributed by atoms with Crippen LogP contribution in [0.4, 0.5) is 4.79 Å². The minimum Gasteiger partial charge on any atom is -0.471 e. The van der Waals surface area contributed by atoms with E-state index in [1.54, 1.807) is 13.8 Å². The van der Waals surface area contributed by atoms with Crippen LogP contribution in [0.2, 0.25) is 0 Å². The summed E-state index contributed by atoms with van der Waals surface area (Å²) in [5, 5.41) is 4.92. The number of nitrogens with zero attached hydrogens (tertiary/aromatic N) is 3. The second-order valence-corrected chi connectivity index (χ2v) is 18.4. The number of allylic oxidation sites excluding steroid dienone is 1.